The van der Waals surface area contributed by atoms with Gasteiger partial charge in [0, 0.05) is 12.2 Å². The Morgan fingerprint density at radius 1 is 1.25 bits per heavy atom. The number of nitrogens with zero attached hydrogens (tertiary/aromatic N) is 5. The molecule has 0 aliphatic carbocycles. The third-order valence-corrected chi connectivity index (χ3v) is 3.88. The summed E-state index contributed by atoms with van der Waals surface area (Å²) in [4.78, 5) is 16.3. The number of carbonyl (C=O) groups excluding carboxylic acids is 1. The molecule has 2 heterocycles. The zero-order valence-corrected chi connectivity index (χ0v) is 14.0. The Labute approximate surface area is 140 Å². The molecule has 7 nitrogen and oxygen atoms in total. The quantitative estimate of drug-likeness (QED) is 0.778. The van der Waals surface area contributed by atoms with Crippen LogP contribution in [0.3, 0.4) is 0 Å². The number of hydrogen-bond donors (Lipinski definition) is 1. The molecule has 1 atom stereocenters. The summed E-state index contributed by atoms with van der Waals surface area (Å²) in [5.41, 5.74) is 3.84. The van der Waals surface area contributed by atoms with E-state index in [4.69, 9.17) is 0 Å². The minimum Gasteiger partial charge on any atom is -0.350 e. The molecule has 2 aromatic heterocycles. The van der Waals surface area contributed by atoms with Gasteiger partial charge in [-0.2, -0.15) is 10.2 Å². The Balaban J connectivity index is 1.61. The number of benzene rings is 1. The van der Waals surface area contributed by atoms with Gasteiger partial charge in [0.05, 0.1) is 11.4 Å². The first-order valence-electron chi connectivity index (χ1n) is 7.79. The van der Waals surface area contributed by atoms with Crippen LogP contribution in [0.4, 0.5) is 0 Å². The average molecular weight is 324 g/mol. The van der Waals surface area contributed by atoms with Gasteiger partial charge in [0.25, 0.3) is 0 Å². The van der Waals surface area contributed by atoms with Crippen molar-refractivity contribution in [2.45, 2.75) is 33.4 Å². The second kappa shape index (κ2) is 6.66. The third kappa shape index (κ3) is 3.34. The van der Waals surface area contributed by atoms with E-state index in [1.54, 1.807) is 15.7 Å². The highest BCUT2D eigenvalue weighted by atomic mass is 16.2. The van der Waals surface area contributed by atoms with E-state index in [1.165, 1.54) is 6.33 Å². The normalized spacial score (nSPS) is 12.1. The highest BCUT2D eigenvalue weighted by Gasteiger charge is 2.17. The molecule has 0 aliphatic rings. The Morgan fingerprint density at radius 2 is 2.00 bits per heavy atom. The van der Waals surface area contributed by atoms with Crippen LogP contribution in [0.2, 0.25) is 0 Å². The average Bonchev–Trinajstić information content (AvgIpc) is 3.22. The molecule has 1 amide bonds. The summed E-state index contributed by atoms with van der Waals surface area (Å²) in [5, 5.41) is 11.4. The van der Waals surface area contributed by atoms with Gasteiger partial charge < -0.3 is 5.32 Å². The van der Waals surface area contributed by atoms with Crippen molar-refractivity contribution in [1.29, 1.82) is 0 Å². The van der Waals surface area contributed by atoms with Crippen LogP contribution in [0, 0.1) is 13.8 Å². The third-order valence-electron chi connectivity index (χ3n) is 3.88. The number of rotatable bonds is 5. The van der Waals surface area contributed by atoms with Crippen LogP contribution in [0.5, 0.6) is 0 Å². The molecule has 0 bridgehead atoms. The number of aryl methyl sites for hydroxylation is 2. The number of aromatic nitrogens is 5. The van der Waals surface area contributed by atoms with E-state index in [0.717, 1.165) is 22.6 Å². The summed E-state index contributed by atoms with van der Waals surface area (Å²) in [5.74, 6) is -0.0541. The van der Waals surface area contributed by atoms with Gasteiger partial charge in [-0.15, -0.1) is 0 Å². The van der Waals surface area contributed by atoms with Crippen molar-refractivity contribution in [2.24, 2.45) is 0 Å². The topological polar surface area (TPSA) is 77.6 Å². The van der Waals surface area contributed by atoms with Crippen molar-refractivity contribution in [1.82, 2.24) is 29.9 Å². The van der Waals surface area contributed by atoms with Crippen molar-refractivity contribution in [3.05, 3.63) is 59.9 Å². The smallest absolute Gasteiger partial charge is 0.244 e. The maximum absolute atomic E-state index is 12.3. The van der Waals surface area contributed by atoms with Gasteiger partial charge in [-0.3, -0.25) is 9.48 Å². The maximum atomic E-state index is 12.3. The van der Waals surface area contributed by atoms with Crippen LogP contribution in [0.15, 0.2) is 43.0 Å². The molecule has 0 spiro atoms. The summed E-state index contributed by atoms with van der Waals surface area (Å²) < 4.78 is 3.44. The zero-order chi connectivity index (χ0) is 17.1. The first-order valence-corrected chi connectivity index (χ1v) is 7.79. The van der Waals surface area contributed by atoms with E-state index in [9.17, 15) is 4.79 Å². The molecule has 3 rings (SSSR count). The summed E-state index contributed by atoms with van der Waals surface area (Å²) in [6.07, 6.45) is 3.14. The van der Waals surface area contributed by atoms with Gasteiger partial charge in [-0.25, -0.2) is 9.67 Å². The van der Waals surface area contributed by atoms with Crippen molar-refractivity contribution >= 4 is 5.91 Å². The lowest BCUT2D eigenvalue weighted by Crippen LogP contribution is -2.31. The molecule has 3 aromatic rings. The van der Waals surface area contributed by atoms with E-state index in [-0.39, 0.29) is 11.9 Å². The molecule has 0 aliphatic heterocycles. The van der Waals surface area contributed by atoms with Crippen LogP contribution in [0.25, 0.3) is 5.69 Å². The first-order chi connectivity index (χ1) is 11.5. The molecule has 0 saturated carbocycles. The van der Waals surface area contributed by atoms with E-state index >= 15 is 0 Å². The van der Waals surface area contributed by atoms with Gasteiger partial charge in [0.1, 0.15) is 18.7 Å². The van der Waals surface area contributed by atoms with Crippen molar-refractivity contribution in [3.8, 4) is 5.69 Å². The fourth-order valence-corrected chi connectivity index (χ4v) is 2.59. The summed E-state index contributed by atoms with van der Waals surface area (Å²) in [6.45, 7) is 6.19. The predicted molar refractivity (Wildman–Crippen MR) is 89.6 cm³/mol. The Morgan fingerprint density at radius 3 is 2.58 bits per heavy atom. The van der Waals surface area contributed by atoms with E-state index < -0.39 is 0 Å². The second-order valence-electron chi connectivity index (χ2n) is 5.77. The fraction of sp³-hybridized carbons (Fsp3) is 0.294. The molecule has 0 unspecified atom stereocenters. The summed E-state index contributed by atoms with van der Waals surface area (Å²) in [7, 11) is 0. The predicted octanol–water partition coefficient (Wildman–Crippen LogP) is 1.96. The fourth-order valence-electron chi connectivity index (χ4n) is 2.59. The maximum Gasteiger partial charge on any atom is 0.244 e. The molecule has 124 valence electrons. The summed E-state index contributed by atoms with van der Waals surface area (Å²) >= 11 is 0. The van der Waals surface area contributed by atoms with Crippen LogP contribution >= 0.6 is 0 Å². The minimum absolute atomic E-state index is 0.0541. The molecule has 7 heteroatoms. The van der Waals surface area contributed by atoms with E-state index in [1.807, 2.05) is 51.1 Å². The Bertz CT molecular complexity index is 819. The summed E-state index contributed by atoms with van der Waals surface area (Å²) in [6, 6.07) is 9.44. The molecule has 24 heavy (non-hydrogen) atoms. The SMILES string of the molecule is Cc1cc(C)n([C@@H](C)C(=O)NCc2ccc(-n3cncn3)cc2)n1. The largest absolute Gasteiger partial charge is 0.350 e. The van der Waals surface area contributed by atoms with E-state index in [0.29, 0.717) is 6.54 Å². The minimum atomic E-state index is -0.340. The highest BCUT2D eigenvalue weighted by molar-refractivity contribution is 5.79. The molecule has 1 aromatic carbocycles. The molecule has 0 radical (unpaired) electrons. The highest BCUT2D eigenvalue weighted by Crippen LogP contribution is 2.12. The van der Waals surface area contributed by atoms with Crippen molar-refractivity contribution in [3.63, 3.8) is 0 Å². The van der Waals surface area contributed by atoms with Gasteiger partial charge in [-0.05, 0) is 44.5 Å². The standard InChI is InChI=1S/C17H20N6O/c1-12-8-13(2)23(21-12)14(3)17(24)19-9-15-4-6-16(7-5-15)22-11-18-10-20-22/h4-8,10-11,14H,9H2,1-3H3,(H,19,24)/t14-/m0/s1. The van der Waals surface area contributed by atoms with Crippen molar-refractivity contribution < 1.29 is 4.79 Å². The zero-order valence-electron chi connectivity index (χ0n) is 14.0. The number of nitrogens with one attached hydrogen (secondary N) is 1. The molecular formula is C17H20N6O. The lowest BCUT2D eigenvalue weighted by atomic mass is 10.2. The lowest BCUT2D eigenvalue weighted by molar-refractivity contribution is -0.124. The van der Waals surface area contributed by atoms with Crippen molar-refractivity contribution in [2.75, 3.05) is 0 Å². The molecular weight excluding hydrogens is 304 g/mol. The first kappa shape index (κ1) is 15.9. The number of amides is 1. The van der Waals surface area contributed by atoms with Gasteiger partial charge in [0.2, 0.25) is 5.91 Å². The number of carbonyl (C=O) groups is 1. The van der Waals surface area contributed by atoms with Gasteiger partial charge in [0.15, 0.2) is 0 Å². The van der Waals surface area contributed by atoms with Crippen LogP contribution in [-0.4, -0.2) is 30.5 Å². The van der Waals surface area contributed by atoms with Crippen LogP contribution in [-0.2, 0) is 11.3 Å². The molecule has 0 fully saturated rings. The second-order valence-corrected chi connectivity index (χ2v) is 5.77. The Kier molecular flexibility index (Phi) is 4.41. The van der Waals surface area contributed by atoms with Gasteiger partial charge >= 0.3 is 0 Å². The molecule has 1 N–H and O–H groups in total. The van der Waals surface area contributed by atoms with Crippen LogP contribution in [0.1, 0.15) is 29.9 Å². The monoisotopic (exact) mass is 324 g/mol. The Hall–Kier alpha value is -2.96. The van der Waals surface area contributed by atoms with E-state index in [2.05, 4.69) is 20.5 Å². The van der Waals surface area contributed by atoms with Crippen LogP contribution < -0.4 is 5.32 Å². The van der Waals surface area contributed by atoms with Gasteiger partial charge in [-0.1, -0.05) is 12.1 Å². The number of hydrogen-bond acceptors (Lipinski definition) is 4. The molecule has 0 saturated heterocycles. The lowest BCUT2D eigenvalue weighted by Gasteiger charge is -2.14.